The minimum atomic E-state index is -1.76. The van der Waals surface area contributed by atoms with Crippen LogP contribution in [0.25, 0.3) is 0 Å². The van der Waals surface area contributed by atoms with Crippen molar-refractivity contribution < 1.29 is 38.0 Å². The van der Waals surface area contributed by atoms with Gasteiger partial charge >= 0.3 is 6.09 Å². The van der Waals surface area contributed by atoms with Crippen molar-refractivity contribution in [3.8, 4) is 0 Å². The first-order valence-corrected chi connectivity index (χ1v) is 13.1. The number of halogens is 2. The maximum Gasteiger partial charge on any atom is 0.413 e. The van der Waals surface area contributed by atoms with Gasteiger partial charge in [0.1, 0.15) is 29.0 Å². The van der Waals surface area contributed by atoms with Crippen LogP contribution in [-0.4, -0.2) is 65.1 Å². The van der Waals surface area contributed by atoms with E-state index in [9.17, 15) is 15.0 Å². The summed E-state index contributed by atoms with van der Waals surface area (Å²) in [4.78, 5) is 15.1. The summed E-state index contributed by atoms with van der Waals surface area (Å²) in [6, 6.07) is 11.8. The van der Waals surface area contributed by atoms with Crippen LogP contribution < -0.4 is 5.73 Å². The Labute approximate surface area is 227 Å². The highest BCUT2D eigenvalue weighted by molar-refractivity contribution is 5.70. The van der Waals surface area contributed by atoms with Crippen molar-refractivity contribution >= 4 is 6.09 Å². The normalized spacial score (nSPS) is 31.7. The third-order valence-corrected chi connectivity index (χ3v) is 7.95. The third-order valence-electron chi connectivity index (χ3n) is 7.95. The molecule has 0 saturated carbocycles. The second-order valence-corrected chi connectivity index (χ2v) is 11.5. The van der Waals surface area contributed by atoms with E-state index < -0.39 is 71.3 Å². The number of hydrogen-bond donors (Lipinski definition) is 3. The Bertz CT molecular complexity index is 1190. The number of carbonyl (C=O) groups is 1. The fourth-order valence-corrected chi connectivity index (χ4v) is 6.11. The lowest BCUT2D eigenvalue weighted by molar-refractivity contribution is -0.132. The molecule has 0 bridgehead atoms. The molecule has 1 amide bonds. The van der Waals surface area contributed by atoms with Gasteiger partial charge in [0.25, 0.3) is 0 Å². The topological polar surface area (TPSA) is 114 Å². The number of carbonyl (C=O) groups excluding carboxylic acids is 1. The van der Waals surface area contributed by atoms with Crippen molar-refractivity contribution in [2.75, 3.05) is 19.8 Å². The number of nitrogens with zero attached hydrogens (tertiary/aromatic N) is 1. The molecule has 4 rings (SSSR count). The first-order chi connectivity index (χ1) is 18.3. The number of rotatable bonds is 6. The second-order valence-electron chi connectivity index (χ2n) is 11.5. The van der Waals surface area contributed by atoms with Crippen LogP contribution in [0.2, 0.25) is 0 Å². The van der Waals surface area contributed by atoms with Gasteiger partial charge in [0.05, 0.1) is 43.5 Å². The standard InChI is InChI=1S/C29H38F2N2O6/c1-17-21(14-34)29(16-38-17,20-11-7-9-13-23(20)31)33(26(36)39-27(3,4)5)25(35)24-18(2)37-15-28(24,32)19-10-6-8-12-22(19)30/h6-13,17-18,21,24-25,34-35H,14-16,32H2,1-5H3/t17-,18-,21-,24-,25?,28-,29-/m1/s1. The van der Waals surface area contributed by atoms with Gasteiger partial charge in [0, 0.05) is 17.0 Å². The lowest BCUT2D eigenvalue weighted by Crippen LogP contribution is -2.65. The predicted octanol–water partition coefficient (Wildman–Crippen LogP) is 3.63. The van der Waals surface area contributed by atoms with E-state index in [-0.39, 0.29) is 24.3 Å². The number of benzene rings is 2. The van der Waals surface area contributed by atoms with E-state index >= 15 is 8.78 Å². The van der Waals surface area contributed by atoms with Crippen LogP contribution >= 0.6 is 0 Å². The third kappa shape index (κ3) is 5.04. The Hall–Kier alpha value is -2.63. The lowest BCUT2D eigenvalue weighted by atomic mass is 9.73. The number of amides is 1. The summed E-state index contributed by atoms with van der Waals surface area (Å²) >= 11 is 0. The molecule has 2 fully saturated rings. The molecule has 10 heteroatoms. The molecule has 0 aromatic heterocycles. The average molecular weight is 549 g/mol. The highest BCUT2D eigenvalue weighted by Crippen LogP contribution is 2.50. The molecule has 2 saturated heterocycles. The highest BCUT2D eigenvalue weighted by Gasteiger charge is 2.62. The maximum atomic E-state index is 15.6. The minimum Gasteiger partial charge on any atom is -0.444 e. The van der Waals surface area contributed by atoms with Crippen LogP contribution in [0.1, 0.15) is 45.7 Å². The van der Waals surface area contributed by atoms with Crippen LogP contribution in [0.15, 0.2) is 48.5 Å². The molecule has 4 N–H and O–H groups in total. The Balaban J connectivity index is 1.95. The van der Waals surface area contributed by atoms with E-state index in [2.05, 4.69) is 0 Å². The second kappa shape index (κ2) is 10.7. The van der Waals surface area contributed by atoms with Crippen LogP contribution in [0.4, 0.5) is 13.6 Å². The molecule has 8 nitrogen and oxygen atoms in total. The van der Waals surface area contributed by atoms with Gasteiger partial charge in [0.15, 0.2) is 0 Å². The summed E-state index contributed by atoms with van der Waals surface area (Å²) in [5.41, 5.74) is 2.74. The molecule has 7 atom stereocenters. The Kier molecular flexibility index (Phi) is 8.08. The number of aliphatic hydroxyl groups is 2. The Morgan fingerprint density at radius 1 is 1.05 bits per heavy atom. The quantitative estimate of drug-likeness (QED) is 0.473. The van der Waals surface area contributed by atoms with Crippen molar-refractivity contribution in [1.29, 1.82) is 0 Å². The fraction of sp³-hybridized carbons (Fsp3) is 0.552. The van der Waals surface area contributed by atoms with E-state index in [0.717, 1.165) is 4.90 Å². The molecule has 39 heavy (non-hydrogen) atoms. The molecule has 2 aromatic rings. The molecule has 1 unspecified atom stereocenters. The summed E-state index contributed by atoms with van der Waals surface area (Å²) in [7, 11) is 0. The molecule has 0 spiro atoms. The number of aliphatic hydroxyl groups excluding tert-OH is 2. The number of hydrogen-bond acceptors (Lipinski definition) is 7. The summed E-state index contributed by atoms with van der Waals surface area (Å²) in [6.45, 7) is 7.50. The van der Waals surface area contributed by atoms with Crippen LogP contribution in [0.5, 0.6) is 0 Å². The van der Waals surface area contributed by atoms with Crippen LogP contribution in [0, 0.1) is 23.5 Å². The summed E-state index contributed by atoms with van der Waals surface area (Å²) < 4.78 is 48.2. The minimum absolute atomic E-state index is 0.0402. The van der Waals surface area contributed by atoms with Gasteiger partial charge in [-0.05, 0) is 46.8 Å². The monoisotopic (exact) mass is 548 g/mol. The zero-order chi connectivity index (χ0) is 28.8. The van der Waals surface area contributed by atoms with Gasteiger partial charge in [-0.3, -0.25) is 4.90 Å². The first-order valence-electron chi connectivity index (χ1n) is 13.1. The van der Waals surface area contributed by atoms with Gasteiger partial charge in [-0.1, -0.05) is 36.4 Å². The van der Waals surface area contributed by atoms with E-state index in [1.54, 1.807) is 46.8 Å². The summed E-state index contributed by atoms with van der Waals surface area (Å²) in [5.74, 6) is -3.16. The Morgan fingerprint density at radius 2 is 1.59 bits per heavy atom. The van der Waals surface area contributed by atoms with Crippen molar-refractivity contribution in [3.05, 3.63) is 71.3 Å². The van der Waals surface area contributed by atoms with E-state index in [1.165, 1.54) is 36.4 Å². The van der Waals surface area contributed by atoms with Crippen molar-refractivity contribution in [3.63, 3.8) is 0 Å². The fourth-order valence-electron chi connectivity index (χ4n) is 6.11. The number of nitrogens with two attached hydrogens (primary N) is 1. The molecule has 2 aliphatic rings. The molecule has 214 valence electrons. The largest absolute Gasteiger partial charge is 0.444 e. The summed E-state index contributed by atoms with van der Waals surface area (Å²) in [5, 5.41) is 22.7. The van der Waals surface area contributed by atoms with E-state index in [4.69, 9.17) is 19.9 Å². The van der Waals surface area contributed by atoms with Crippen molar-refractivity contribution in [1.82, 2.24) is 4.90 Å². The maximum absolute atomic E-state index is 15.6. The molecule has 0 aliphatic carbocycles. The molecular weight excluding hydrogens is 510 g/mol. The van der Waals surface area contributed by atoms with Gasteiger partial charge in [-0.25, -0.2) is 13.6 Å². The predicted molar refractivity (Wildman–Crippen MR) is 139 cm³/mol. The van der Waals surface area contributed by atoms with Crippen LogP contribution in [0.3, 0.4) is 0 Å². The first kappa shape index (κ1) is 29.4. The molecule has 0 radical (unpaired) electrons. The van der Waals surface area contributed by atoms with Crippen LogP contribution in [-0.2, 0) is 25.3 Å². The van der Waals surface area contributed by atoms with Crippen molar-refractivity contribution in [2.45, 2.75) is 69.7 Å². The zero-order valence-electron chi connectivity index (χ0n) is 22.9. The number of ether oxygens (including phenoxy) is 3. The lowest BCUT2D eigenvalue weighted by Gasteiger charge is -2.49. The molecule has 2 aromatic carbocycles. The zero-order valence-corrected chi connectivity index (χ0v) is 22.9. The van der Waals surface area contributed by atoms with Gasteiger partial charge < -0.3 is 30.2 Å². The van der Waals surface area contributed by atoms with Gasteiger partial charge in [0.2, 0.25) is 0 Å². The molecule has 2 aliphatic heterocycles. The van der Waals surface area contributed by atoms with E-state index in [0.29, 0.717) is 0 Å². The molecule has 2 heterocycles. The van der Waals surface area contributed by atoms with Gasteiger partial charge in [-0.2, -0.15) is 0 Å². The Morgan fingerprint density at radius 3 is 2.13 bits per heavy atom. The SMILES string of the molecule is C[C@H]1OC[C@](c2ccccc2F)(N(C(=O)OC(C)(C)C)C(O)[C@H]2[C@@H](C)OC[C@@]2(N)c2ccccc2F)[C@@H]1CO. The summed E-state index contributed by atoms with van der Waals surface area (Å²) in [6.07, 6.45) is -4.08. The highest BCUT2D eigenvalue weighted by atomic mass is 19.1. The van der Waals surface area contributed by atoms with Crippen molar-refractivity contribution in [2.24, 2.45) is 17.6 Å². The molecular formula is C29H38F2N2O6. The van der Waals surface area contributed by atoms with Gasteiger partial charge in [-0.15, -0.1) is 0 Å². The average Bonchev–Trinajstić information content (AvgIpc) is 3.34. The van der Waals surface area contributed by atoms with E-state index in [1.807, 2.05) is 0 Å². The smallest absolute Gasteiger partial charge is 0.413 e.